The number of nitro benzene ring substituents is 1. The van der Waals surface area contributed by atoms with E-state index in [1.165, 1.54) is 12.1 Å². The molecule has 1 fully saturated rings. The minimum absolute atomic E-state index is 0.0282. The van der Waals surface area contributed by atoms with E-state index in [4.69, 9.17) is 17.0 Å². The summed E-state index contributed by atoms with van der Waals surface area (Å²) < 4.78 is 5.30. The third-order valence-corrected chi connectivity index (χ3v) is 4.43. The lowest BCUT2D eigenvalue weighted by molar-refractivity contribution is -0.384. The fourth-order valence-corrected chi connectivity index (χ4v) is 3.25. The third kappa shape index (κ3) is 3.62. The molecule has 0 bridgehead atoms. The molecule has 0 spiro atoms. The van der Waals surface area contributed by atoms with Gasteiger partial charge in [-0.05, 0) is 24.7 Å². The highest BCUT2D eigenvalue weighted by Crippen LogP contribution is 2.30. The number of benzene rings is 1. The van der Waals surface area contributed by atoms with E-state index < -0.39 is 11.0 Å². The van der Waals surface area contributed by atoms with Crippen molar-refractivity contribution < 1.29 is 14.5 Å². The van der Waals surface area contributed by atoms with Gasteiger partial charge >= 0.3 is 0 Å². The monoisotopic (exact) mass is 362 g/mol. The molecule has 1 aromatic carbocycles. The molecule has 1 saturated heterocycles. The first-order valence-electron chi connectivity index (χ1n) is 7.87. The molecule has 0 aliphatic carbocycles. The molecule has 1 atom stereocenters. The largest absolute Gasteiger partial charge is 0.378 e. The fraction of sp³-hybridized carbons (Fsp3) is 0.375. The number of amides is 1. The Balaban J connectivity index is 1.99. The van der Waals surface area contributed by atoms with Crippen molar-refractivity contribution in [1.29, 1.82) is 0 Å². The summed E-state index contributed by atoms with van der Waals surface area (Å²) in [5.74, 6) is -0.125. The molecule has 0 saturated carbocycles. The lowest BCUT2D eigenvalue weighted by Gasteiger charge is -2.34. The average Bonchev–Trinajstić information content (AvgIpc) is 2.61. The van der Waals surface area contributed by atoms with E-state index in [-0.39, 0.29) is 11.6 Å². The van der Waals surface area contributed by atoms with Gasteiger partial charge in [0, 0.05) is 30.9 Å². The number of nitro groups is 1. The summed E-state index contributed by atoms with van der Waals surface area (Å²) in [6.45, 7) is 3.81. The van der Waals surface area contributed by atoms with E-state index in [1.807, 2.05) is 0 Å². The highest BCUT2D eigenvalue weighted by molar-refractivity contribution is 7.80. The van der Waals surface area contributed by atoms with Crippen molar-refractivity contribution in [3.05, 3.63) is 51.2 Å². The number of carbonyl (C=O) groups is 1. The van der Waals surface area contributed by atoms with E-state index in [1.54, 1.807) is 24.0 Å². The second-order valence-electron chi connectivity index (χ2n) is 5.83. The van der Waals surface area contributed by atoms with Crippen LogP contribution in [-0.4, -0.2) is 47.1 Å². The van der Waals surface area contributed by atoms with E-state index in [2.05, 4.69) is 10.6 Å². The van der Waals surface area contributed by atoms with Crippen molar-refractivity contribution >= 4 is 28.9 Å². The van der Waals surface area contributed by atoms with Crippen LogP contribution in [0.1, 0.15) is 18.5 Å². The van der Waals surface area contributed by atoms with Gasteiger partial charge in [0.05, 0.1) is 29.8 Å². The van der Waals surface area contributed by atoms with Crippen molar-refractivity contribution in [2.75, 3.05) is 26.3 Å². The van der Waals surface area contributed by atoms with Crippen LogP contribution in [0.15, 0.2) is 35.5 Å². The fourth-order valence-electron chi connectivity index (χ4n) is 2.98. The van der Waals surface area contributed by atoms with E-state index >= 15 is 0 Å². The van der Waals surface area contributed by atoms with Crippen LogP contribution in [0.25, 0.3) is 0 Å². The number of rotatable bonds is 3. The predicted molar refractivity (Wildman–Crippen MR) is 94.8 cm³/mol. The molecule has 1 amide bonds. The first-order valence-corrected chi connectivity index (χ1v) is 8.28. The summed E-state index contributed by atoms with van der Waals surface area (Å²) in [5.41, 5.74) is 1.75. The van der Waals surface area contributed by atoms with Crippen LogP contribution in [0, 0.1) is 10.1 Å². The van der Waals surface area contributed by atoms with Crippen LogP contribution in [0.2, 0.25) is 0 Å². The molecule has 25 heavy (non-hydrogen) atoms. The maximum absolute atomic E-state index is 13.0. The van der Waals surface area contributed by atoms with Gasteiger partial charge < -0.3 is 20.3 Å². The molecule has 2 heterocycles. The van der Waals surface area contributed by atoms with Gasteiger partial charge in [0.2, 0.25) is 0 Å². The molecule has 9 heteroatoms. The zero-order chi connectivity index (χ0) is 18.0. The van der Waals surface area contributed by atoms with Crippen molar-refractivity contribution in [3.63, 3.8) is 0 Å². The van der Waals surface area contributed by atoms with Gasteiger partial charge in [-0.2, -0.15) is 0 Å². The van der Waals surface area contributed by atoms with Gasteiger partial charge in [0.1, 0.15) is 0 Å². The van der Waals surface area contributed by atoms with Crippen LogP contribution >= 0.6 is 12.2 Å². The Morgan fingerprint density at radius 2 is 2.12 bits per heavy atom. The van der Waals surface area contributed by atoms with Crippen molar-refractivity contribution in [3.8, 4) is 0 Å². The number of non-ortho nitro benzene ring substituents is 1. The number of carbonyl (C=O) groups excluding carboxylic acids is 1. The molecule has 1 aromatic rings. The van der Waals surface area contributed by atoms with Crippen LogP contribution in [0.3, 0.4) is 0 Å². The Kier molecular flexibility index (Phi) is 4.95. The van der Waals surface area contributed by atoms with Crippen LogP contribution in [0.4, 0.5) is 5.69 Å². The Hall–Kier alpha value is -2.52. The van der Waals surface area contributed by atoms with Gasteiger partial charge in [0.25, 0.3) is 11.6 Å². The van der Waals surface area contributed by atoms with Gasteiger partial charge in [-0.15, -0.1) is 0 Å². The quantitative estimate of drug-likeness (QED) is 0.474. The minimum Gasteiger partial charge on any atom is -0.378 e. The summed E-state index contributed by atoms with van der Waals surface area (Å²) in [6.07, 6.45) is 0. The number of hydrogen-bond donors (Lipinski definition) is 2. The minimum atomic E-state index is -0.538. The summed E-state index contributed by atoms with van der Waals surface area (Å²) in [7, 11) is 0. The first-order chi connectivity index (χ1) is 12.0. The Morgan fingerprint density at radius 3 is 2.80 bits per heavy atom. The zero-order valence-corrected chi connectivity index (χ0v) is 14.5. The highest BCUT2D eigenvalue weighted by atomic mass is 32.1. The van der Waals surface area contributed by atoms with Gasteiger partial charge in [-0.3, -0.25) is 14.9 Å². The molecule has 2 N–H and O–H groups in total. The van der Waals surface area contributed by atoms with Crippen LogP contribution < -0.4 is 10.6 Å². The zero-order valence-electron chi connectivity index (χ0n) is 13.7. The SMILES string of the molecule is CC1=C(C(=O)N2CCOCC2)C(c2cccc([N+](=O)[O-])c2)NC(=S)N1. The molecule has 2 aliphatic rings. The Morgan fingerprint density at radius 1 is 1.40 bits per heavy atom. The second kappa shape index (κ2) is 7.16. The Bertz CT molecular complexity index is 758. The summed E-state index contributed by atoms with van der Waals surface area (Å²) >= 11 is 5.21. The van der Waals surface area contributed by atoms with Crippen LogP contribution in [-0.2, 0) is 9.53 Å². The van der Waals surface area contributed by atoms with Crippen LogP contribution in [0.5, 0.6) is 0 Å². The normalized spacial score (nSPS) is 20.8. The van der Waals surface area contributed by atoms with Crippen molar-refractivity contribution in [1.82, 2.24) is 15.5 Å². The maximum Gasteiger partial charge on any atom is 0.269 e. The number of allylic oxidation sites excluding steroid dienone is 1. The van der Waals surface area contributed by atoms with E-state index in [0.717, 1.165) is 0 Å². The molecule has 0 aromatic heterocycles. The lowest BCUT2D eigenvalue weighted by atomic mass is 9.94. The molecule has 0 radical (unpaired) electrons. The summed E-state index contributed by atoms with van der Waals surface area (Å²) in [6, 6.07) is 5.70. The summed E-state index contributed by atoms with van der Waals surface area (Å²) in [5, 5.41) is 17.5. The number of morpholine rings is 1. The summed E-state index contributed by atoms with van der Waals surface area (Å²) in [4.78, 5) is 25.4. The van der Waals surface area contributed by atoms with Gasteiger partial charge in [0.15, 0.2) is 5.11 Å². The first kappa shape index (κ1) is 17.3. The number of nitrogens with one attached hydrogen (secondary N) is 2. The number of thiocarbonyl (C=S) groups is 1. The molecular weight excluding hydrogens is 344 g/mol. The molecule has 2 aliphatic heterocycles. The average molecular weight is 362 g/mol. The smallest absolute Gasteiger partial charge is 0.269 e. The topological polar surface area (TPSA) is 96.7 Å². The number of nitrogens with zero attached hydrogens (tertiary/aromatic N) is 2. The molecule has 8 nitrogen and oxygen atoms in total. The standard InChI is InChI=1S/C16H18N4O4S/c1-10-13(15(21)19-5-7-24-8-6-19)14(18-16(25)17-10)11-3-2-4-12(9-11)20(22)23/h2-4,9,14H,5-8H2,1H3,(H2,17,18,25). The number of hydrogen-bond acceptors (Lipinski definition) is 5. The van der Waals surface area contributed by atoms with Crippen molar-refractivity contribution in [2.24, 2.45) is 0 Å². The molecule has 132 valence electrons. The Labute approximate surface area is 150 Å². The molecule has 3 rings (SSSR count). The maximum atomic E-state index is 13.0. The van der Waals surface area contributed by atoms with Gasteiger partial charge in [-0.25, -0.2) is 0 Å². The van der Waals surface area contributed by atoms with Crippen molar-refractivity contribution in [2.45, 2.75) is 13.0 Å². The number of ether oxygens (including phenoxy) is 1. The van der Waals surface area contributed by atoms with E-state index in [9.17, 15) is 14.9 Å². The van der Waals surface area contributed by atoms with Gasteiger partial charge in [-0.1, -0.05) is 12.1 Å². The second-order valence-corrected chi connectivity index (χ2v) is 6.24. The highest BCUT2D eigenvalue weighted by Gasteiger charge is 2.33. The van der Waals surface area contributed by atoms with E-state index in [0.29, 0.717) is 48.2 Å². The third-order valence-electron chi connectivity index (χ3n) is 4.21. The predicted octanol–water partition coefficient (Wildman–Crippen LogP) is 1.25. The molecular formula is C16H18N4O4S. The lowest BCUT2D eigenvalue weighted by Crippen LogP contribution is -2.49. The molecule has 1 unspecified atom stereocenters.